The molecule has 0 aromatic heterocycles. The lowest BCUT2D eigenvalue weighted by Gasteiger charge is -2.36. The number of rotatable bonds is 9. The van der Waals surface area contributed by atoms with Crippen molar-refractivity contribution in [2.45, 2.75) is 72.0 Å². The lowest BCUT2D eigenvalue weighted by molar-refractivity contribution is -0.145. The van der Waals surface area contributed by atoms with Crippen molar-refractivity contribution in [3.05, 3.63) is 12.7 Å². The quantitative estimate of drug-likeness (QED) is 0.360. The average molecular weight is 447 g/mol. The van der Waals surface area contributed by atoms with Crippen LogP contribution in [0.5, 0.6) is 0 Å². The van der Waals surface area contributed by atoms with Crippen LogP contribution in [0.15, 0.2) is 12.7 Å². The van der Waals surface area contributed by atoms with Crippen LogP contribution < -0.4 is 16.4 Å². The molecule has 3 amide bonds. The van der Waals surface area contributed by atoms with Gasteiger partial charge in [0.15, 0.2) is 0 Å². The van der Waals surface area contributed by atoms with Crippen LogP contribution in [0.4, 0.5) is 0 Å². The zero-order valence-electron chi connectivity index (χ0n) is 19.9. The van der Waals surface area contributed by atoms with Crippen molar-refractivity contribution >= 4 is 23.5 Å². The second-order valence-electron chi connectivity index (χ2n) is 11.3. The molecule has 8 heteroatoms. The Morgan fingerprint density at radius 2 is 1.84 bits per heavy atom. The molecule has 2 unspecified atom stereocenters. The highest BCUT2D eigenvalue weighted by atomic mass is 16.2. The van der Waals surface area contributed by atoms with Gasteiger partial charge in [0.05, 0.1) is 12.1 Å². The van der Waals surface area contributed by atoms with Gasteiger partial charge in [0.2, 0.25) is 17.6 Å². The molecule has 8 nitrogen and oxygen atoms in total. The van der Waals surface area contributed by atoms with Crippen LogP contribution in [-0.2, 0) is 19.2 Å². The lowest BCUT2D eigenvalue weighted by atomic mass is 9.86. The summed E-state index contributed by atoms with van der Waals surface area (Å²) in [7, 11) is 0. The third-order valence-corrected chi connectivity index (χ3v) is 7.49. The number of Topliss-reactive ketones (excluding diaryl/α,β-unsaturated/α-hetero) is 1. The van der Waals surface area contributed by atoms with Crippen LogP contribution in [0.2, 0.25) is 0 Å². The number of nitrogens with zero attached hydrogens (tertiary/aromatic N) is 1. The maximum Gasteiger partial charge on any atom is 0.289 e. The first-order chi connectivity index (χ1) is 14.8. The van der Waals surface area contributed by atoms with Crippen molar-refractivity contribution in [3.8, 4) is 0 Å². The molecule has 4 N–H and O–H groups in total. The number of piperidine rings is 1. The van der Waals surface area contributed by atoms with Gasteiger partial charge in [-0.05, 0) is 35.0 Å². The van der Waals surface area contributed by atoms with Crippen molar-refractivity contribution < 1.29 is 19.2 Å². The maximum atomic E-state index is 13.5. The number of ketones is 1. The van der Waals surface area contributed by atoms with Gasteiger partial charge in [0, 0.05) is 13.1 Å². The first kappa shape index (κ1) is 24.4. The third-order valence-electron chi connectivity index (χ3n) is 7.49. The minimum atomic E-state index is -0.894. The standard InChI is InChI=1S/C24H38N4O4/c1-7-10-26-21(31)18(29)15(11-13-8-9-13)27-20(30)17-16-14(24(16,5)6)12-28(17)22(32)19(25)23(2,3)4/h7,13-17,19H,1,8-12,25H2,2-6H3,(H,26,31)(H,27,30)/t14?,15?,16-,17-,19+/m0/s1. The number of hydrogen-bond acceptors (Lipinski definition) is 5. The highest BCUT2D eigenvalue weighted by molar-refractivity contribution is 6.38. The Hall–Kier alpha value is -2.22. The Kier molecular flexibility index (Phi) is 6.57. The van der Waals surface area contributed by atoms with E-state index in [0.717, 1.165) is 12.8 Å². The van der Waals surface area contributed by atoms with E-state index in [1.54, 1.807) is 4.90 Å². The van der Waals surface area contributed by atoms with Gasteiger partial charge >= 0.3 is 0 Å². The van der Waals surface area contributed by atoms with E-state index in [-0.39, 0.29) is 35.6 Å². The molecule has 0 aromatic rings. The fourth-order valence-corrected chi connectivity index (χ4v) is 4.95. The molecular formula is C24H38N4O4. The van der Waals surface area contributed by atoms with Gasteiger partial charge in [-0.25, -0.2) is 0 Å². The smallest absolute Gasteiger partial charge is 0.289 e. The van der Waals surface area contributed by atoms with E-state index in [1.807, 2.05) is 20.8 Å². The van der Waals surface area contributed by atoms with E-state index in [2.05, 4.69) is 31.1 Å². The molecule has 1 aliphatic heterocycles. The predicted molar refractivity (Wildman–Crippen MR) is 121 cm³/mol. The maximum absolute atomic E-state index is 13.5. The molecule has 3 aliphatic rings. The topological polar surface area (TPSA) is 122 Å². The molecule has 2 saturated carbocycles. The zero-order chi connectivity index (χ0) is 24.0. The summed E-state index contributed by atoms with van der Waals surface area (Å²) in [5, 5.41) is 5.33. The van der Waals surface area contributed by atoms with Gasteiger partial charge in [-0.1, -0.05) is 53.5 Å². The van der Waals surface area contributed by atoms with Crippen LogP contribution in [-0.4, -0.2) is 59.6 Å². The van der Waals surface area contributed by atoms with E-state index >= 15 is 0 Å². The van der Waals surface area contributed by atoms with Crippen molar-refractivity contribution in [3.63, 3.8) is 0 Å². The van der Waals surface area contributed by atoms with Crippen molar-refractivity contribution in [2.75, 3.05) is 13.1 Å². The number of carbonyl (C=O) groups excluding carboxylic acids is 4. The summed E-state index contributed by atoms with van der Waals surface area (Å²) in [6.07, 6.45) is 3.90. The minimum absolute atomic E-state index is 0.0184. The van der Waals surface area contributed by atoms with E-state index in [4.69, 9.17) is 5.73 Å². The number of carbonyl (C=O) groups is 4. The largest absolute Gasteiger partial charge is 0.346 e. The molecule has 0 aromatic carbocycles. The van der Waals surface area contributed by atoms with Gasteiger partial charge in [-0.3, -0.25) is 19.2 Å². The third kappa shape index (κ3) is 4.75. The van der Waals surface area contributed by atoms with Gasteiger partial charge in [0.1, 0.15) is 6.04 Å². The van der Waals surface area contributed by atoms with E-state index < -0.39 is 35.2 Å². The highest BCUT2D eigenvalue weighted by Crippen LogP contribution is 2.65. The van der Waals surface area contributed by atoms with Gasteiger partial charge in [-0.15, -0.1) is 6.58 Å². The first-order valence-corrected chi connectivity index (χ1v) is 11.6. The van der Waals surface area contributed by atoms with Gasteiger partial charge < -0.3 is 21.3 Å². The molecule has 0 radical (unpaired) electrons. The second-order valence-corrected chi connectivity index (χ2v) is 11.3. The molecule has 0 spiro atoms. The van der Waals surface area contributed by atoms with E-state index in [0.29, 0.717) is 18.9 Å². The number of amides is 3. The van der Waals surface area contributed by atoms with Crippen molar-refractivity contribution in [1.29, 1.82) is 0 Å². The Bertz CT molecular complexity index is 811. The molecule has 0 bridgehead atoms. The molecule has 1 heterocycles. The summed E-state index contributed by atoms with van der Waals surface area (Å²) >= 11 is 0. The number of nitrogens with two attached hydrogens (primary N) is 1. The Morgan fingerprint density at radius 3 is 2.38 bits per heavy atom. The van der Waals surface area contributed by atoms with Crippen LogP contribution in [0.1, 0.15) is 53.9 Å². The number of nitrogens with one attached hydrogen (secondary N) is 2. The average Bonchev–Trinajstić information content (AvgIpc) is 3.56. The summed E-state index contributed by atoms with van der Waals surface area (Å²) in [4.78, 5) is 53.3. The lowest BCUT2D eigenvalue weighted by Crippen LogP contribution is -2.59. The first-order valence-electron chi connectivity index (χ1n) is 11.6. The molecule has 32 heavy (non-hydrogen) atoms. The summed E-state index contributed by atoms with van der Waals surface area (Å²) < 4.78 is 0. The molecule has 5 atom stereocenters. The fourth-order valence-electron chi connectivity index (χ4n) is 4.95. The molecule has 1 saturated heterocycles. The molecule has 178 valence electrons. The molecule has 3 rings (SSSR count). The summed E-state index contributed by atoms with van der Waals surface area (Å²) in [6.45, 7) is 14.1. The minimum Gasteiger partial charge on any atom is -0.346 e. The van der Waals surface area contributed by atoms with Crippen molar-refractivity contribution in [2.24, 2.45) is 34.3 Å². The van der Waals surface area contributed by atoms with Crippen LogP contribution >= 0.6 is 0 Å². The van der Waals surface area contributed by atoms with Crippen LogP contribution in [0, 0.1) is 28.6 Å². The van der Waals surface area contributed by atoms with Crippen LogP contribution in [0.3, 0.4) is 0 Å². The fraction of sp³-hybridized carbons (Fsp3) is 0.750. The number of fused-ring (bicyclic) bond motifs is 1. The molecule has 3 fully saturated rings. The Morgan fingerprint density at radius 1 is 1.22 bits per heavy atom. The van der Waals surface area contributed by atoms with Crippen LogP contribution in [0.25, 0.3) is 0 Å². The van der Waals surface area contributed by atoms with E-state index in [1.165, 1.54) is 6.08 Å². The van der Waals surface area contributed by atoms with Crippen molar-refractivity contribution in [1.82, 2.24) is 15.5 Å². The normalized spacial score (nSPS) is 27.7. The second kappa shape index (κ2) is 8.61. The monoisotopic (exact) mass is 446 g/mol. The molecule has 2 aliphatic carbocycles. The zero-order valence-corrected chi connectivity index (χ0v) is 19.9. The highest BCUT2D eigenvalue weighted by Gasteiger charge is 2.69. The van der Waals surface area contributed by atoms with E-state index in [9.17, 15) is 19.2 Å². The number of likely N-dealkylation sites (tertiary alicyclic amines) is 1. The SMILES string of the molecule is C=CCNC(=O)C(=O)C(CC1CC1)NC(=O)[C@@H]1[C@@H]2C(CN1C(=O)[C@@H](N)C(C)(C)C)C2(C)C. The predicted octanol–water partition coefficient (Wildman–Crippen LogP) is 0.999. The summed E-state index contributed by atoms with van der Waals surface area (Å²) in [5.74, 6) is -1.41. The Labute approximate surface area is 190 Å². The summed E-state index contributed by atoms with van der Waals surface area (Å²) in [5.41, 5.74) is 5.75. The Balaban J connectivity index is 1.78. The van der Waals surface area contributed by atoms with Gasteiger partial charge in [0.25, 0.3) is 5.91 Å². The summed E-state index contributed by atoms with van der Waals surface area (Å²) in [6, 6.07) is -2.30. The molecular weight excluding hydrogens is 408 g/mol. The van der Waals surface area contributed by atoms with Gasteiger partial charge in [-0.2, -0.15) is 0 Å². The number of hydrogen-bond donors (Lipinski definition) is 3.